The molecule has 0 radical (unpaired) electrons. The SMILES string of the molecule is C=CC(CC)(CCCC)C(=O)OCC. The summed E-state index contributed by atoms with van der Waals surface area (Å²) in [6.45, 7) is 10.2. The lowest BCUT2D eigenvalue weighted by Gasteiger charge is -2.26. The number of hydrogen-bond acceptors (Lipinski definition) is 2. The van der Waals surface area contributed by atoms with Crippen molar-refractivity contribution in [3.8, 4) is 0 Å². The molecule has 0 aromatic rings. The third kappa shape index (κ3) is 3.17. The first-order valence-electron chi connectivity index (χ1n) is 5.47. The summed E-state index contributed by atoms with van der Waals surface area (Å²) in [5, 5.41) is 0. The van der Waals surface area contributed by atoms with Gasteiger partial charge in [0, 0.05) is 0 Å². The lowest BCUT2D eigenvalue weighted by molar-refractivity contribution is -0.153. The van der Waals surface area contributed by atoms with Gasteiger partial charge in [0.2, 0.25) is 0 Å². The molecule has 1 unspecified atom stereocenters. The summed E-state index contributed by atoms with van der Waals surface area (Å²) >= 11 is 0. The fourth-order valence-electron chi connectivity index (χ4n) is 1.52. The normalized spacial score (nSPS) is 14.5. The van der Waals surface area contributed by atoms with Crippen LogP contribution >= 0.6 is 0 Å². The zero-order valence-corrected chi connectivity index (χ0v) is 9.64. The highest BCUT2D eigenvalue weighted by Crippen LogP contribution is 2.31. The fourth-order valence-corrected chi connectivity index (χ4v) is 1.52. The second-order valence-corrected chi connectivity index (χ2v) is 3.54. The predicted octanol–water partition coefficient (Wildman–Crippen LogP) is 3.32. The highest BCUT2D eigenvalue weighted by molar-refractivity contribution is 5.78. The van der Waals surface area contributed by atoms with Gasteiger partial charge in [-0.05, 0) is 19.8 Å². The van der Waals surface area contributed by atoms with E-state index in [9.17, 15) is 4.79 Å². The van der Waals surface area contributed by atoms with Crippen LogP contribution in [-0.4, -0.2) is 12.6 Å². The molecule has 0 rings (SSSR count). The van der Waals surface area contributed by atoms with Crippen molar-refractivity contribution in [2.45, 2.75) is 46.5 Å². The quantitative estimate of drug-likeness (QED) is 0.463. The van der Waals surface area contributed by atoms with E-state index in [1.807, 2.05) is 13.8 Å². The first-order valence-corrected chi connectivity index (χ1v) is 5.47. The van der Waals surface area contributed by atoms with Gasteiger partial charge < -0.3 is 4.74 Å². The second-order valence-electron chi connectivity index (χ2n) is 3.54. The van der Waals surface area contributed by atoms with Crippen LogP contribution < -0.4 is 0 Å². The molecule has 1 atom stereocenters. The highest BCUT2D eigenvalue weighted by atomic mass is 16.5. The Hall–Kier alpha value is -0.790. The van der Waals surface area contributed by atoms with E-state index in [1.165, 1.54) is 0 Å². The molecule has 0 aliphatic carbocycles. The van der Waals surface area contributed by atoms with Crippen molar-refractivity contribution in [2.75, 3.05) is 6.61 Å². The van der Waals surface area contributed by atoms with Crippen LogP contribution in [0.25, 0.3) is 0 Å². The lowest BCUT2D eigenvalue weighted by Crippen LogP contribution is -2.30. The lowest BCUT2D eigenvalue weighted by atomic mass is 9.80. The minimum Gasteiger partial charge on any atom is -0.465 e. The Morgan fingerprint density at radius 3 is 2.43 bits per heavy atom. The van der Waals surface area contributed by atoms with E-state index in [-0.39, 0.29) is 5.97 Å². The van der Waals surface area contributed by atoms with Crippen LogP contribution in [0.5, 0.6) is 0 Å². The average Bonchev–Trinajstić information content (AvgIpc) is 2.21. The maximum atomic E-state index is 11.7. The largest absolute Gasteiger partial charge is 0.465 e. The van der Waals surface area contributed by atoms with Crippen LogP contribution in [0, 0.1) is 5.41 Å². The van der Waals surface area contributed by atoms with E-state index in [0.29, 0.717) is 6.61 Å². The summed E-state index contributed by atoms with van der Waals surface area (Å²) in [6, 6.07) is 0. The van der Waals surface area contributed by atoms with E-state index in [1.54, 1.807) is 6.08 Å². The molecule has 0 saturated carbocycles. The minimum atomic E-state index is -0.452. The van der Waals surface area contributed by atoms with E-state index >= 15 is 0 Å². The number of esters is 1. The molecule has 2 nitrogen and oxygen atoms in total. The van der Waals surface area contributed by atoms with Crippen LogP contribution in [0.4, 0.5) is 0 Å². The van der Waals surface area contributed by atoms with Crippen LogP contribution in [-0.2, 0) is 9.53 Å². The second kappa shape index (κ2) is 6.63. The van der Waals surface area contributed by atoms with Gasteiger partial charge in [-0.15, -0.1) is 6.58 Å². The van der Waals surface area contributed by atoms with Gasteiger partial charge in [-0.25, -0.2) is 0 Å². The van der Waals surface area contributed by atoms with Crippen molar-refractivity contribution in [3.63, 3.8) is 0 Å². The van der Waals surface area contributed by atoms with Crippen molar-refractivity contribution in [3.05, 3.63) is 12.7 Å². The zero-order chi connectivity index (χ0) is 11.0. The number of carbonyl (C=O) groups excluding carboxylic acids is 1. The molecule has 0 saturated heterocycles. The van der Waals surface area contributed by atoms with Gasteiger partial charge in [-0.2, -0.15) is 0 Å². The monoisotopic (exact) mass is 198 g/mol. The van der Waals surface area contributed by atoms with Crippen LogP contribution in [0.3, 0.4) is 0 Å². The summed E-state index contributed by atoms with van der Waals surface area (Å²) in [5.74, 6) is -0.119. The third-order valence-corrected chi connectivity index (χ3v) is 2.68. The topological polar surface area (TPSA) is 26.3 Å². The Labute approximate surface area is 87.3 Å². The van der Waals surface area contributed by atoms with E-state index in [4.69, 9.17) is 4.74 Å². The molecule has 0 fully saturated rings. The smallest absolute Gasteiger partial charge is 0.315 e. The Balaban J connectivity index is 4.50. The number of carbonyl (C=O) groups is 1. The Kier molecular flexibility index (Phi) is 6.26. The third-order valence-electron chi connectivity index (χ3n) is 2.68. The molecule has 0 aliphatic heterocycles. The van der Waals surface area contributed by atoms with Gasteiger partial charge in [0.25, 0.3) is 0 Å². The summed E-state index contributed by atoms with van der Waals surface area (Å²) in [5.41, 5.74) is -0.452. The first kappa shape index (κ1) is 13.2. The van der Waals surface area contributed by atoms with Gasteiger partial charge in [-0.1, -0.05) is 32.8 Å². The number of ether oxygens (including phenoxy) is 1. The molecule has 0 spiro atoms. The summed E-state index contributed by atoms with van der Waals surface area (Å²) in [7, 11) is 0. The molecule has 82 valence electrons. The Morgan fingerprint density at radius 1 is 1.43 bits per heavy atom. The molecule has 0 aromatic carbocycles. The average molecular weight is 198 g/mol. The number of hydrogen-bond donors (Lipinski definition) is 0. The van der Waals surface area contributed by atoms with Gasteiger partial charge in [0.15, 0.2) is 0 Å². The molecule has 0 N–H and O–H groups in total. The van der Waals surface area contributed by atoms with Crippen molar-refractivity contribution in [1.29, 1.82) is 0 Å². The molecular formula is C12H22O2. The van der Waals surface area contributed by atoms with Crippen molar-refractivity contribution in [1.82, 2.24) is 0 Å². The zero-order valence-electron chi connectivity index (χ0n) is 9.64. The minimum absolute atomic E-state index is 0.119. The van der Waals surface area contributed by atoms with Gasteiger partial charge in [-0.3, -0.25) is 4.79 Å². The molecule has 2 heteroatoms. The number of unbranched alkanes of at least 4 members (excludes halogenated alkanes) is 1. The fraction of sp³-hybridized carbons (Fsp3) is 0.750. The maximum absolute atomic E-state index is 11.7. The Morgan fingerprint density at radius 2 is 2.07 bits per heavy atom. The Bertz CT molecular complexity index is 187. The summed E-state index contributed by atoms with van der Waals surface area (Å²) in [4.78, 5) is 11.7. The molecule has 0 aliphatic rings. The summed E-state index contributed by atoms with van der Waals surface area (Å²) in [6.07, 6.45) is 5.51. The van der Waals surface area contributed by atoms with Crippen molar-refractivity contribution >= 4 is 5.97 Å². The predicted molar refractivity (Wildman–Crippen MR) is 59.1 cm³/mol. The molecule has 0 heterocycles. The standard InChI is InChI=1S/C12H22O2/c1-5-9-10-12(6-2,7-3)11(13)14-8-4/h6H,2,5,7-10H2,1,3-4H3. The molecule has 14 heavy (non-hydrogen) atoms. The highest BCUT2D eigenvalue weighted by Gasteiger charge is 2.33. The van der Waals surface area contributed by atoms with E-state index in [2.05, 4.69) is 13.5 Å². The molecule has 0 amide bonds. The number of rotatable bonds is 7. The molecular weight excluding hydrogens is 176 g/mol. The summed E-state index contributed by atoms with van der Waals surface area (Å²) < 4.78 is 5.08. The van der Waals surface area contributed by atoms with Crippen molar-refractivity contribution < 1.29 is 9.53 Å². The van der Waals surface area contributed by atoms with Crippen LogP contribution in [0.1, 0.15) is 46.5 Å². The van der Waals surface area contributed by atoms with Gasteiger partial charge in [0.1, 0.15) is 0 Å². The van der Waals surface area contributed by atoms with Gasteiger partial charge >= 0.3 is 5.97 Å². The van der Waals surface area contributed by atoms with Crippen LogP contribution in [0.15, 0.2) is 12.7 Å². The first-order chi connectivity index (χ1) is 6.66. The van der Waals surface area contributed by atoms with Crippen LogP contribution in [0.2, 0.25) is 0 Å². The molecule has 0 aromatic heterocycles. The maximum Gasteiger partial charge on any atom is 0.315 e. The molecule has 0 bridgehead atoms. The van der Waals surface area contributed by atoms with Crippen molar-refractivity contribution in [2.24, 2.45) is 5.41 Å². The van der Waals surface area contributed by atoms with E-state index < -0.39 is 5.41 Å². The van der Waals surface area contributed by atoms with E-state index in [0.717, 1.165) is 25.7 Å². The van der Waals surface area contributed by atoms with Gasteiger partial charge in [0.05, 0.1) is 12.0 Å².